The van der Waals surface area contributed by atoms with Crippen LogP contribution in [0.1, 0.15) is 42.4 Å². The minimum absolute atomic E-state index is 0.0755. The lowest BCUT2D eigenvalue weighted by molar-refractivity contribution is 0.235. The van der Waals surface area contributed by atoms with Crippen LogP contribution < -0.4 is 5.56 Å². The number of hydrogen-bond acceptors (Lipinski definition) is 6. The van der Waals surface area contributed by atoms with Crippen molar-refractivity contribution in [1.82, 2.24) is 14.9 Å². The second-order valence-corrected chi connectivity index (χ2v) is 6.43. The zero-order chi connectivity index (χ0) is 17.4. The minimum atomic E-state index is -0.512. The zero-order valence-electron chi connectivity index (χ0n) is 13.7. The van der Waals surface area contributed by atoms with Crippen molar-refractivity contribution in [2.75, 3.05) is 6.54 Å². The Morgan fingerprint density at radius 3 is 2.71 bits per heavy atom. The van der Waals surface area contributed by atoms with Crippen LogP contribution in [-0.2, 0) is 19.5 Å². The van der Waals surface area contributed by atoms with E-state index in [4.69, 9.17) is 0 Å². The molecule has 1 aliphatic heterocycles. The van der Waals surface area contributed by atoms with Crippen molar-refractivity contribution in [3.05, 3.63) is 45.1 Å². The minimum Gasteiger partial charge on any atom is -0.504 e. The van der Waals surface area contributed by atoms with E-state index in [1.807, 2.05) is 18.7 Å². The summed E-state index contributed by atoms with van der Waals surface area (Å²) >= 11 is 0. The molecule has 7 nitrogen and oxygen atoms in total. The van der Waals surface area contributed by atoms with Crippen molar-refractivity contribution in [3.8, 4) is 17.2 Å². The molecule has 1 aromatic heterocycles. The molecule has 1 aliphatic rings. The number of phenols is 3. The van der Waals surface area contributed by atoms with Crippen molar-refractivity contribution in [3.63, 3.8) is 0 Å². The Bertz CT molecular complexity index is 829. The molecule has 7 heteroatoms. The number of phenolic OH excluding ortho intramolecular Hbond substituents is 3. The summed E-state index contributed by atoms with van der Waals surface area (Å²) in [6, 6.07) is 2.92. The van der Waals surface area contributed by atoms with Gasteiger partial charge < -0.3 is 20.3 Å². The Morgan fingerprint density at radius 2 is 2.00 bits per heavy atom. The smallest absolute Gasteiger partial charge is 0.254 e. The van der Waals surface area contributed by atoms with Gasteiger partial charge in [0.25, 0.3) is 5.56 Å². The maximum atomic E-state index is 12.2. The van der Waals surface area contributed by atoms with Gasteiger partial charge in [-0.05, 0) is 12.5 Å². The molecule has 0 bridgehead atoms. The van der Waals surface area contributed by atoms with Crippen LogP contribution in [-0.4, -0.2) is 36.7 Å². The SMILES string of the molecule is CC(C)c1nc2c(c(=O)[nH]1)CCN(Cc1ccc(O)c(O)c1O)C2. The van der Waals surface area contributed by atoms with E-state index in [2.05, 4.69) is 9.97 Å². The molecule has 128 valence electrons. The summed E-state index contributed by atoms with van der Waals surface area (Å²) in [5, 5.41) is 29.0. The number of aromatic nitrogens is 2. The van der Waals surface area contributed by atoms with Crippen molar-refractivity contribution < 1.29 is 15.3 Å². The predicted octanol–water partition coefficient (Wildman–Crippen LogP) is 1.57. The molecule has 2 aromatic rings. The van der Waals surface area contributed by atoms with E-state index in [-0.39, 0.29) is 23.0 Å². The van der Waals surface area contributed by atoms with Crippen molar-refractivity contribution in [1.29, 1.82) is 0 Å². The fourth-order valence-electron chi connectivity index (χ4n) is 2.90. The monoisotopic (exact) mass is 331 g/mol. The van der Waals surface area contributed by atoms with Crippen molar-refractivity contribution >= 4 is 0 Å². The number of aromatic hydroxyl groups is 3. The highest BCUT2D eigenvalue weighted by molar-refractivity contribution is 5.53. The molecule has 1 aromatic carbocycles. The molecule has 24 heavy (non-hydrogen) atoms. The summed E-state index contributed by atoms with van der Waals surface area (Å²) < 4.78 is 0. The lowest BCUT2D eigenvalue weighted by Crippen LogP contribution is -2.35. The molecule has 0 amide bonds. The van der Waals surface area contributed by atoms with Gasteiger partial charge in [-0.2, -0.15) is 0 Å². The topological polar surface area (TPSA) is 110 Å². The van der Waals surface area contributed by atoms with Gasteiger partial charge in [0.15, 0.2) is 11.5 Å². The van der Waals surface area contributed by atoms with Crippen LogP contribution in [0.5, 0.6) is 17.2 Å². The molecule has 0 spiro atoms. The number of benzene rings is 1. The lowest BCUT2D eigenvalue weighted by Gasteiger charge is -2.28. The Morgan fingerprint density at radius 1 is 1.25 bits per heavy atom. The van der Waals surface area contributed by atoms with Crippen LogP contribution in [0.15, 0.2) is 16.9 Å². The Hall–Kier alpha value is -2.54. The average Bonchev–Trinajstić information content (AvgIpc) is 2.55. The van der Waals surface area contributed by atoms with E-state index in [1.165, 1.54) is 6.07 Å². The first-order valence-electron chi connectivity index (χ1n) is 7.94. The van der Waals surface area contributed by atoms with Crippen LogP contribution in [0, 0.1) is 0 Å². The second-order valence-electron chi connectivity index (χ2n) is 6.43. The molecule has 0 saturated carbocycles. The maximum Gasteiger partial charge on any atom is 0.254 e. The number of nitrogens with one attached hydrogen (secondary N) is 1. The van der Waals surface area contributed by atoms with Crippen LogP contribution in [0.3, 0.4) is 0 Å². The van der Waals surface area contributed by atoms with Gasteiger partial charge in [0.05, 0.1) is 5.69 Å². The third kappa shape index (κ3) is 2.94. The molecule has 3 rings (SSSR count). The van der Waals surface area contributed by atoms with Gasteiger partial charge in [-0.25, -0.2) is 4.98 Å². The number of nitrogens with zero attached hydrogens (tertiary/aromatic N) is 2. The summed E-state index contributed by atoms with van der Waals surface area (Å²) in [6.07, 6.45) is 0.584. The first-order chi connectivity index (χ1) is 11.4. The summed E-state index contributed by atoms with van der Waals surface area (Å²) in [4.78, 5) is 21.6. The predicted molar refractivity (Wildman–Crippen MR) is 88.2 cm³/mol. The van der Waals surface area contributed by atoms with Gasteiger partial charge in [-0.3, -0.25) is 9.69 Å². The Kier molecular flexibility index (Phi) is 4.19. The summed E-state index contributed by atoms with van der Waals surface area (Å²) in [5.74, 6) is -0.374. The molecular weight excluding hydrogens is 310 g/mol. The van der Waals surface area contributed by atoms with Gasteiger partial charge in [-0.1, -0.05) is 19.9 Å². The van der Waals surface area contributed by atoms with Crippen LogP contribution in [0.2, 0.25) is 0 Å². The fourth-order valence-corrected chi connectivity index (χ4v) is 2.90. The van der Waals surface area contributed by atoms with Gasteiger partial charge in [-0.15, -0.1) is 0 Å². The molecular formula is C17H21N3O4. The van der Waals surface area contributed by atoms with Crippen LogP contribution >= 0.6 is 0 Å². The van der Waals surface area contributed by atoms with Crippen LogP contribution in [0.4, 0.5) is 0 Å². The Balaban J connectivity index is 1.85. The van der Waals surface area contributed by atoms with Gasteiger partial charge >= 0.3 is 0 Å². The standard InChI is InChI=1S/C17H21N3O4/c1-9(2)16-18-12-8-20(6-5-11(12)17(24)19-16)7-10-3-4-13(21)15(23)14(10)22/h3-4,9,21-23H,5-8H2,1-2H3,(H,18,19,24). The van der Waals surface area contributed by atoms with E-state index < -0.39 is 5.75 Å². The van der Waals surface area contributed by atoms with Gasteiger partial charge in [0.1, 0.15) is 5.82 Å². The third-order valence-corrected chi connectivity index (χ3v) is 4.33. The highest BCUT2D eigenvalue weighted by Gasteiger charge is 2.23. The Labute approximate surface area is 139 Å². The average molecular weight is 331 g/mol. The first kappa shape index (κ1) is 16.3. The normalized spacial score (nSPS) is 14.8. The highest BCUT2D eigenvalue weighted by Crippen LogP contribution is 2.37. The number of aromatic amines is 1. The molecule has 0 aliphatic carbocycles. The molecule has 4 N–H and O–H groups in total. The van der Waals surface area contributed by atoms with Gasteiger partial charge in [0, 0.05) is 36.7 Å². The number of rotatable bonds is 3. The van der Waals surface area contributed by atoms with E-state index in [0.29, 0.717) is 43.0 Å². The largest absolute Gasteiger partial charge is 0.504 e. The summed E-state index contributed by atoms with van der Waals surface area (Å²) in [6.45, 7) is 5.50. The van der Waals surface area contributed by atoms with Crippen molar-refractivity contribution in [2.45, 2.75) is 39.3 Å². The number of fused-ring (bicyclic) bond motifs is 1. The number of hydrogen-bond donors (Lipinski definition) is 4. The summed E-state index contributed by atoms with van der Waals surface area (Å²) in [7, 11) is 0. The molecule has 0 fully saturated rings. The van der Waals surface area contributed by atoms with Crippen LogP contribution in [0.25, 0.3) is 0 Å². The first-order valence-corrected chi connectivity index (χ1v) is 7.94. The number of H-pyrrole nitrogens is 1. The molecule has 0 atom stereocenters. The fraction of sp³-hybridized carbons (Fsp3) is 0.412. The highest BCUT2D eigenvalue weighted by atomic mass is 16.3. The summed E-state index contributed by atoms with van der Waals surface area (Å²) in [5.41, 5.74) is 1.92. The van der Waals surface area contributed by atoms with E-state index in [1.54, 1.807) is 6.07 Å². The van der Waals surface area contributed by atoms with E-state index in [0.717, 1.165) is 5.69 Å². The lowest BCUT2D eigenvalue weighted by atomic mass is 10.0. The molecule has 2 heterocycles. The second kappa shape index (κ2) is 6.16. The van der Waals surface area contributed by atoms with Crippen molar-refractivity contribution in [2.24, 2.45) is 0 Å². The molecule has 0 saturated heterocycles. The maximum absolute atomic E-state index is 12.2. The molecule has 0 unspecified atom stereocenters. The van der Waals surface area contributed by atoms with E-state index in [9.17, 15) is 20.1 Å². The third-order valence-electron chi connectivity index (χ3n) is 4.33. The quantitative estimate of drug-likeness (QED) is 0.636. The molecule has 0 radical (unpaired) electrons. The van der Waals surface area contributed by atoms with Gasteiger partial charge in [0.2, 0.25) is 5.75 Å². The van der Waals surface area contributed by atoms with E-state index >= 15 is 0 Å². The zero-order valence-corrected chi connectivity index (χ0v) is 13.7.